The second-order valence-electron chi connectivity index (χ2n) is 5.82. The van der Waals surface area contributed by atoms with Crippen LogP contribution in [0.1, 0.15) is 42.9 Å². The summed E-state index contributed by atoms with van der Waals surface area (Å²) in [6.45, 7) is 1.24. The minimum atomic E-state index is 0.0151. The minimum Gasteiger partial charge on any atom is -0.335 e. The number of nitrogens with two attached hydrogens (primary N) is 1. The van der Waals surface area contributed by atoms with Gasteiger partial charge in [-0.2, -0.15) is 0 Å². The zero-order chi connectivity index (χ0) is 13.9. The predicted octanol–water partition coefficient (Wildman–Crippen LogP) is 2.20. The Morgan fingerprint density at radius 1 is 1.30 bits per heavy atom. The number of amides is 2. The number of hydrogen-bond donors (Lipinski definition) is 2. The highest BCUT2D eigenvalue weighted by atomic mass is 16.2. The first-order valence-corrected chi connectivity index (χ1v) is 7.64. The topological polar surface area (TPSA) is 58.4 Å². The SMILES string of the molecule is NCC1c2ccccc2CCN1C(=O)NC1CCCC1. The summed E-state index contributed by atoms with van der Waals surface area (Å²) in [6.07, 6.45) is 5.61. The van der Waals surface area contributed by atoms with E-state index in [0.29, 0.717) is 12.6 Å². The third kappa shape index (κ3) is 2.52. The molecule has 0 bridgehead atoms. The highest BCUT2D eigenvalue weighted by molar-refractivity contribution is 5.75. The summed E-state index contributed by atoms with van der Waals surface area (Å²) >= 11 is 0. The van der Waals surface area contributed by atoms with E-state index in [2.05, 4.69) is 23.5 Å². The number of nitrogens with one attached hydrogen (secondary N) is 1. The Bertz CT molecular complexity index is 482. The summed E-state index contributed by atoms with van der Waals surface area (Å²) < 4.78 is 0. The van der Waals surface area contributed by atoms with Gasteiger partial charge in [-0.3, -0.25) is 0 Å². The maximum absolute atomic E-state index is 12.5. The van der Waals surface area contributed by atoms with E-state index in [-0.39, 0.29) is 12.1 Å². The minimum absolute atomic E-state index is 0.0151. The number of carbonyl (C=O) groups excluding carboxylic acids is 1. The second-order valence-corrected chi connectivity index (χ2v) is 5.82. The Morgan fingerprint density at radius 3 is 2.80 bits per heavy atom. The van der Waals surface area contributed by atoms with Gasteiger partial charge in [0, 0.05) is 19.1 Å². The summed E-state index contributed by atoms with van der Waals surface area (Å²) in [5.41, 5.74) is 8.47. The Balaban J connectivity index is 1.75. The molecular formula is C16H23N3O. The summed E-state index contributed by atoms with van der Waals surface area (Å²) in [7, 11) is 0. The molecule has 1 atom stereocenters. The van der Waals surface area contributed by atoms with Crippen LogP contribution in [0.25, 0.3) is 0 Å². The molecule has 1 aliphatic heterocycles. The fourth-order valence-corrected chi connectivity index (χ4v) is 3.48. The number of rotatable bonds is 2. The third-order valence-electron chi connectivity index (χ3n) is 4.58. The molecule has 1 heterocycles. The molecule has 1 aromatic rings. The van der Waals surface area contributed by atoms with Gasteiger partial charge in [0.2, 0.25) is 0 Å². The van der Waals surface area contributed by atoms with Gasteiger partial charge in [-0.1, -0.05) is 37.1 Å². The average Bonchev–Trinajstić information content (AvgIpc) is 2.98. The Kier molecular flexibility index (Phi) is 3.92. The van der Waals surface area contributed by atoms with E-state index in [1.165, 1.54) is 24.0 Å². The van der Waals surface area contributed by atoms with Gasteiger partial charge in [-0.15, -0.1) is 0 Å². The van der Waals surface area contributed by atoms with Crippen LogP contribution in [0.2, 0.25) is 0 Å². The van der Waals surface area contributed by atoms with E-state index in [1.807, 2.05) is 11.0 Å². The maximum atomic E-state index is 12.5. The van der Waals surface area contributed by atoms with Crippen molar-refractivity contribution in [3.05, 3.63) is 35.4 Å². The highest BCUT2D eigenvalue weighted by Crippen LogP contribution is 2.29. The lowest BCUT2D eigenvalue weighted by atomic mass is 9.93. The lowest BCUT2D eigenvalue weighted by Crippen LogP contribution is -2.50. The van der Waals surface area contributed by atoms with Crippen LogP contribution in [-0.2, 0) is 6.42 Å². The number of nitrogens with zero attached hydrogens (tertiary/aromatic N) is 1. The van der Waals surface area contributed by atoms with Gasteiger partial charge in [0.15, 0.2) is 0 Å². The summed E-state index contributed by atoms with van der Waals surface area (Å²) in [6, 6.07) is 8.76. The Hall–Kier alpha value is -1.55. The number of urea groups is 1. The molecule has 108 valence electrons. The number of benzene rings is 1. The predicted molar refractivity (Wildman–Crippen MR) is 79.4 cm³/mol. The highest BCUT2D eigenvalue weighted by Gasteiger charge is 2.30. The first-order chi connectivity index (χ1) is 9.79. The molecule has 3 rings (SSSR count). The molecule has 1 fully saturated rings. The zero-order valence-corrected chi connectivity index (χ0v) is 11.8. The average molecular weight is 273 g/mol. The van der Waals surface area contributed by atoms with E-state index in [1.54, 1.807) is 0 Å². The molecule has 2 aliphatic rings. The molecular weight excluding hydrogens is 250 g/mol. The van der Waals surface area contributed by atoms with E-state index < -0.39 is 0 Å². The normalized spacial score (nSPS) is 22.6. The van der Waals surface area contributed by atoms with Gasteiger partial charge in [-0.05, 0) is 30.4 Å². The smallest absolute Gasteiger partial charge is 0.318 e. The van der Waals surface area contributed by atoms with Gasteiger partial charge in [0.05, 0.1) is 6.04 Å². The molecule has 4 heteroatoms. The van der Waals surface area contributed by atoms with Crippen LogP contribution in [0.3, 0.4) is 0 Å². The first-order valence-electron chi connectivity index (χ1n) is 7.64. The second kappa shape index (κ2) is 5.83. The number of carbonyl (C=O) groups is 1. The largest absolute Gasteiger partial charge is 0.335 e. The van der Waals surface area contributed by atoms with Crippen molar-refractivity contribution in [1.29, 1.82) is 0 Å². The molecule has 0 saturated heterocycles. The van der Waals surface area contributed by atoms with Crippen LogP contribution in [0.4, 0.5) is 4.79 Å². The van der Waals surface area contributed by atoms with Gasteiger partial charge < -0.3 is 16.0 Å². The molecule has 1 aliphatic carbocycles. The molecule has 4 nitrogen and oxygen atoms in total. The van der Waals surface area contributed by atoms with Crippen LogP contribution >= 0.6 is 0 Å². The van der Waals surface area contributed by atoms with Crippen LogP contribution in [0.5, 0.6) is 0 Å². The van der Waals surface area contributed by atoms with Crippen molar-refractivity contribution in [1.82, 2.24) is 10.2 Å². The van der Waals surface area contributed by atoms with Crippen molar-refractivity contribution in [2.24, 2.45) is 5.73 Å². The molecule has 3 N–H and O–H groups in total. The monoisotopic (exact) mass is 273 g/mol. The number of hydrogen-bond acceptors (Lipinski definition) is 2. The molecule has 0 aromatic heterocycles. The molecule has 1 unspecified atom stereocenters. The zero-order valence-electron chi connectivity index (χ0n) is 11.8. The van der Waals surface area contributed by atoms with Crippen molar-refractivity contribution >= 4 is 6.03 Å². The lowest BCUT2D eigenvalue weighted by molar-refractivity contribution is 0.167. The molecule has 20 heavy (non-hydrogen) atoms. The van der Waals surface area contributed by atoms with Crippen molar-refractivity contribution in [2.75, 3.05) is 13.1 Å². The van der Waals surface area contributed by atoms with Crippen molar-refractivity contribution in [2.45, 2.75) is 44.2 Å². The van der Waals surface area contributed by atoms with E-state index >= 15 is 0 Å². The molecule has 1 aromatic carbocycles. The maximum Gasteiger partial charge on any atom is 0.318 e. The lowest BCUT2D eigenvalue weighted by Gasteiger charge is -2.37. The van der Waals surface area contributed by atoms with Crippen molar-refractivity contribution < 1.29 is 4.79 Å². The van der Waals surface area contributed by atoms with Crippen molar-refractivity contribution in [3.8, 4) is 0 Å². The van der Waals surface area contributed by atoms with E-state index in [4.69, 9.17) is 5.73 Å². The summed E-state index contributed by atoms with van der Waals surface area (Å²) in [5.74, 6) is 0. The quantitative estimate of drug-likeness (QED) is 0.868. The molecule has 0 spiro atoms. The third-order valence-corrected chi connectivity index (χ3v) is 4.58. The van der Waals surface area contributed by atoms with Gasteiger partial charge in [0.1, 0.15) is 0 Å². The van der Waals surface area contributed by atoms with E-state index in [9.17, 15) is 4.79 Å². The Morgan fingerprint density at radius 2 is 2.05 bits per heavy atom. The van der Waals surface area contributed by atoms with Crippen LogP contribution in [0.15, 0.2) is 24.3 Å². The number of fused-ring (bicyclic) bond motifs is 1. The molecule has 0 radical (unpaired) electrons. The van der Waals surface area contributed by atoms with Crippen molar-refractivity contribution in [3.63, 3.8) is 0 Å². The van der Waals surface area contributed by atoms with Gasteiger partial charge >= 0.3 is 6.03 Å². The van der Waals surface area contributed by atoms with Crippen LogP contribution in [0, 0.1) is 0 Å². The Labute approximate surface area is 120 Å². The molecule has 2 amide bonds. The fourth-order valence-electron chi connectivity index (χ4n) is 3.48. The van der Waals surface area contributed by atoms with Gasteiger partial charge in [-0.25, -0.2) is 4.79 Å². The fraction of sp³-hybridized carbons (Fsp3) is 0.562. The standard InChI is InChI=1S/C16H23N3O/c17-11-15-14-8-4-1-5-12(14)9-10-19(15)16(20)18-13-6-2-3-7-13/h1,4-5,8,13,15H,2-3,6-7,9-11,17H2,(H,18,20). The summed E-state index contributed by atoms with van der Waals surface area (Å²) in [5, 5.41) is 3.18. The first kappa shape index (κ1) is 13.4. The van der Waals surface area contributed by atoms with Crippen LogP contribution in [-0.4, -0.2) is 30.1 Å². The van der Waals surface area contributed by atoms with Gasteiger partial charge in [0.25, 0.3) is 0 Å². The van der Waals surface area contributed by atoms with Crippen LogP contribution < -0.4 is 11.1 Å². The molecule has 1 saturated carbocycles. The van der Waals surface area contributed by atoms with E-state index in [0.717, 1.165) is 25.8 Å². The summed E-state index contributed by atoms with van der Waals surface area (Å²) in [4.78, 5) is 14.4.